The van der Waals surface area contributed by atoms with E-state index >= 15 is 0 Å². The lowest BCUT2D eigenvalue weighted by Crippen LogP contribution is -1.94. The van der Waals surface area contributed by atoms with Crippen molar-refractivity contribution in [2.24, 2.45) is 0 Å². The van der Waals surface area contributed by atoms with Crippen LogP contribution in [0.5, 0.6) is 0 Å². The fourth-order valence-electron chi connectivity index (χ4n) is 0.539. The Kier molecular flexibility index (Phi) is 2.01. The third-order valence-electron chi connectivity index (χ3n) is 1.02. The molecule has 0 spiro atoms. The molecular formula is C6H5BrN2O. The molecule has 0 saturated heterocycles. The number of nitrogens with zero attached hydrogens (tertiary/aromatic N) is 1. The standard InChI is InChI=1S/C6H5BrN2O/c7-5-2-1-4(3-10)9-6(5)8/h1-3H,(H2,8,9). The second-order valence-electron chi connectivity index (χ2n) is 1.72. The zero-order chi connectivity index (χ0) is 7.56. The van der Waals surface area contributed by atoms with Gasteiger partial charge in [0.2, 0.25) is 0 Å². The third-order valence-corrected chi connectivity index (χ3v) is 1.69. The number of hydrogen-bond acceptors (Lipinski definition) is 3. The summed E-state index contributed by atoms with van der Waals surface area (Å²) in [4.78, 5) is 13.9. The summed E-state index contributed by atoms with van der Waals surface area (Å²) in [7, 11) is 0. The minimum absolute atomic E-state index is 0.338. The van der Waals surface area contributed by atoms with Crippen molar-refractivity contribution in [3.8, 4) is 0 Å². The quantitative estimate of drug-likeness (QED) is 0.695. The molecule has 0 fully saturated rings. The second-order valence-corrected chi connectivity index (χ2v) is 2.58. The molecule has 1 aromatic rings. The summed E-state index contributed by atoms with van der Waals surface area (Å²) in [6, 6.07) is 3.28. The molecule has 0 aliphatic carbocycles. The predicted octanol–water partition coefficient (Wildman–Crippen LogP) is 1.24. The zero-order valence-electron chi connectivity index (χ0n) is 5.04. The second kappa shape index (κ2) is 2.79. The number of rotatable bonds is 1. The summed E-state index contributed by atoms with van der Waals surface area (Å²) in [5, 5.41) is 0. The fourth-order valence-corrected chi connectivity index (χ4v) is 0.760. The highest BCUT2D eigenvalue weighted by molar-refractivity contribution is 9.10. The predicted molar refractivity (Wildman–Crippen MR) is 41.7 cm³/mol. The van der Waals surface area contributed by atoms with Gasteiger partial charge in [0, 0.05) is 0 Å². The summed E-state index contributed by atoms with van der Waals surface area (Å²) in [5.41, 5.74) is 5.73. The van der Waals surface area contributed by atoms with E-state index in [1.807, 2.05) is 0 Å². The average Bonchev–Trinajstić information content (AvgIpc) is 1.95. The largest absolute Gasteiger partial charge is 0.383 e. The Balaban J connectivity index is 3.16. The molecule has 10 heavy (non-hydrogen) atoms. The van der Waals surface area contributed by atoms with Gasteiger partial charge in [0.25, 0.3) is 0 Å². The smallest absolute Gasteiger partial charge is 0.168 e. The molecular weight excluding hydrogens is 196 g/mol. The van der Waals surface area contributed by atoms with Crippen molar-refractivity contribution >= 4 is 28.0 Å². The molecule has 0 saturated carbocycles. The van der Waals surface area contributed by atoms with E-state index in [1.54, 1.807) is 12.1 Å². The van der Waals surface area contributed by atoms with Gasteiger partial charge in [-0.05, 0) is 28.1 Å². The van der Waals surface area contributed by atoms with Crippen LogP contribution in [-0.2, 0) is 0 Å². The van der Waals surface area contributed by atoms with Crippen LogP contribution in [0.3, 0.4) is 0 Å². The molecule has 0 unspecified atom stereocenters. The number of pyridine rings is 1. The van der Waals surface area contributed by atoms with E-state index in [9.17, 15) is 4.79 Å². The molecule has 3 nitrogen and oxygen atoms in total. The van der Waals surface area contributed by atoms with Crippen LogP contribution < -0.4 is 5.73 Å². The van der Waals surface area contributed by atoms with Gasteiger partial charge >= 0.3 is 0 Å². The molecule has 1 aromatic heterocycles. The molecule has 52 valence electrons. The summed E-state index contributed by atoms with van der Waals surface area (Å²) < 4.78 is 0.707. The Morgan fingerprint density at radius 2 is 2.30 bits per heavy atom. The van der Waals surface area contributed by atoms with Gasteiger partial charge in [-0.2, -0.15) is 0 Å². The number of carbonyl (C=O) groups excluding carboxylic acids is 1. The van der Waals surface area contributed by atoms with E-state index in [0.717, 1.165) is 0 Å². The number of hydrogen-bond donors (Lipinski definition) is 1. The number of halogens is 1. The minimum Gasteiger partial charge on any atom is -0.383 e. The van der Waals surface area contributed by atoms with E-state index in [0.29, 0.717) is 22.3 Å². The summed E-state index contributed by atoms with van der Waals surface area (Å²) in [5.74, 6) is 0.338. The van der Waals surface area contributed by atoms with Crippen molar-refractivity contribution < 1.29 is 4.79 Å². The number of aldehydes is 1. The molecule has 4 heteroatoms. The highest BCUT2D eigenvalue weighted by Gasteiger charge is 1.96. The first-order valence-corrected chi connectivity index (χ1v) is 3.40. The normalized spacial score (nSPS) is 9.30. The molecule has 0 aliphatic heterocycles. The van der Waals surface area contributed by atoms with Gasteiger partial charge < -0.3 is 5.73 Å². The van der Waals surface area contributed by atoms with Crippen LogP contribution in [0.25, 0.3) is 0 Å². The summed E-state index contributed by atoms with van der Waals surface area (Å²) in [6.45, 7) is 0. The van der Waals surface area contributed by atoms with E-state index in [-0.39, 0.29) is 0 Å². The van der Waals surface area contributed by atoms with Crippen molar-refractivity contribution in [2.75, 3.05) is 5.73 Å². The first-order valence-electron chi connectivity index (χ1n) is 2.61. The average molecular weight is 201 g/mol. The van der Waals surface area contributed by atoms with Gasteiger partial charge in [0.05, 0.1) is 4.47 Å². The molecule has 0 atom stereocenters. The lowest BCUT2D eigenvalue weighted by Gasteiger charge is -1.95. The summed E-state index contributed by atoms with van der Waals surface area (Å²) in [6.07, 6.45) is 0.656. The Labute approximate surface area is 66.4 Å². The lowest BCUT2D eigenvalue weighted by molar-refractivity contribution is 0.111. The lowest BCUT2D eigenvalue weighted by atomic mass is 10.4. The van der Waals surface area contributed by atoms with Gasteiger partial charge in [0.1, 0.15) is 11.5 Å². The van der Waals surface area contributed by atoms with Crippen LogP contribution >= 0.6 is 15.9 Å². The number of carbonyl (C=O) groups is 1. The number of aromatic nitrogens is 1. The zero-order valence-corrected chi connectivity index (χ0v) is 6.63. The Morgan fingerprint density at radius 3 is 2.80 bits per heavy atom. The van der Waals surface area contributed by atoms with Gasteiger partial charge in [0.15, 0.2) is 6.29 Å². The van der Waals surface area contributed by atoms with Crippen LogP contribution in [0.4, 0.5) is 5.82 Å². The maximum atomic E-state index is 10.1. The van der Waals surface area contributed by atoms with Crippen molar-refractivity contribution in [3.63, 3.8) is 0 Å². The topological polar surface area (TPSA) is 56.0 Å². The van der Waals surface area contributed by atoms with E-state index < -0.39 is 0 Å². The molecule has 0 radical (unpaired) electrons. The van der Waals surface area contributed by atoms with Crippen molar-refractivity contribution in [3.05, 3.63) is 22.3 Å². The maximum absolute atomic E-state index is 10.1. The highest BCUT2D eigenvalue weighted by atomic mass is 79.9. The van der Waals surface area contributed by atoms with E-state index in [2.05, 4.69) is 20.9 Å². The van der Waals surface area contributed by atoms with Gasteiger partial charge in [-0.1, -0.05) is 0 Å². The molecule has 0 aliphatic rings. The monoisotopic (exact) mass is 200 g/mol. The Morgan fingerprint density at radius 1 is 1.60 bits per heavy atom. The summed E-state index contributed by atoms with van der Waals surface area (Å²) >= 11 is 3.16. The number of nitrogens with two attached hydrogens (primary N) is 1. The van der Waals surface area contributed by atoms with Gasteiger partial charge in [-0.25, -0.2) is 4.98 Å². The van der Waals surface area contributed by atoms with Crippen molar-refractivity contribution in [2.45, 2.75) is 0 Å². The third kappa shape index (κ3) is 1.33. The van der Waals surface area contributed by atoms with Crippen LogP contribution in [0.2, 0.25) is 0 Å². The van der Waals surface area contributed by atoms with Crippen LogP contribution in [0, 0.1) is 0 Å². The molecule has 0 bridgehead atoms. The van der Waals surface area contributed by atoms with Crippen molar-refractivity contribution in [1.29, 1.82) is 0 Å². The minimum atomic E-state index is 0.338. The number of anilines is 1. The molecule has 0 aromatic carbocycles. The van der Waals surface area contributed by atoms with Gasteiger partial charge in [-0.15, -0.1) is 0 Å². The maximum Gasteiger partial charge on any atom is 0.168 e. The van der Waals surface area contributed by atoms with E-state index in [4.69, 9.17) is 5.73 Å². The van der Waals surface area contributed by atoms with Crippen molar-refractivity contribution in [1.82, 2.24) is 4.98 Å². The first-order chi connectivity index (χ1) is 4.74. The van der Waals surface area contributed by atoms with Crippen LogP contribution in [0.1, 0.15) is 10.5 Å². The fraction of sp³-hybridized carbons (Fsp3) is 0. The van der Waals surface area contributed by atoms with E-state index in [1.165, 1.54) is 0 Å². The SMILES string of the molecule is Nc1nc(C=O)ccc1Br. The molecule has 1 rings (SSSR count). The Hall–Kier alpha value is -0.900. The van der Waals surface area contributed by atoms with Crippen LogP contribution in [0.15, 0.2) is 16.6 Å². The molecule has 0 amide bonds. The van der Waals surface area contributed by atoms with Crippen LogP contribution in [-0.4, -0.2) is 11.3 Å². The molecule has 2 N–H and O–H groups in total. The van der Waals surface area contributed by atoms with Gasteiger partial charge in [-0.3, -0.25) is 4.79 Å². The molecule has 1 heterocycles. The first kappa shape index (κ1) is 7.21. The number of nitrogen functional groups attached to an aromatic ring is 1. The highest BCUT2D eigenvalue weighted by Crippen LogP contribution is 2.15. The Bertz CT molecular complexity index is 262.